The summed E-state index contributed by atoms with van der Waals surface area (Å²) in [6, 6.07) is 8.92. The summed E-state index contributed by atoms with van der Waals surface area (Å²) in [7, 11) is -2.14. The lowest BCUT2D eigenvalue weighted by molar-refractivity contribution is -0.0458. The lowest BCUT2D eigenvalue weighted by atomic mass is 10.2. The van der Waals surface area contributed by atoms with Gasteiger partial charge in [0, 0.05) is 5.56 Å². The van der Waals surface area contributed by atoms with Gasteiger partial charge in [-0.2, -0.15) is 0 Å². The van der Waals surface area contributed by atoms with Crippen LogP contribution in [0.4, 0.5) is 5.82 Å². The molecule has 0 spiro atoms. The topological polar surface area (TPSA) is 111 Å². The first kappa shape index (κ1) is 25.2. The van der Waals surface area contributed by atoms with Crippen molar-refractivity contribution >= 4 is 53.8 Å². The summed E-state index contributed by atoms with van der Waals surface area (Å²) in [5, 5.41) is 12.8. The second-order valence-corrected chi connectivity index (χ2v) is 16.1. The number of benzene rings is 1. The molecule has 2 N–H and O–H groups in total. The molecule has 1 amide bonds. The zero-order valence-corrected chi connectivity index (χ0v) is 23.1. The summed E-state index contributed by atoms with van der Waals surface area (Å²) in [6.45, 7) is 10.9. The number of carbonyl (C=O) groups excluding carboxylic acids is 1. The minimum atomic E-state index is -2.14. The molecular formula is C23H30IN5O4Si. The molecule has 4 rings (SSSR count). The third-order valence-corrected chi connectivity index (χ3v) is 12.6. The molecule has 2 aromatic heterocycles. The van der Waals surface area contributed by atoms with Gasteiger partial charge in [0.15, 0.2) is 31.5 Å². The molecule has 0 bridgehead atoms. The Bertz CT molecular complexity index is 1170. The minimum absolute atomic E-state index is 0.0132. The van der Waals surface area contributed by atoms with E-state index < -0.39 is 14.5 Å². The minimum Gasteiger partial charge on any atom is -0.408 e. The van der Waals surface area contributed by atoms with E-state index in [2.05, 4.69) is 76.7 Å². The van der Waals surface area contributed by atoms with Gasteiger partial charge in [-0.15, -0.1) is 0 Å². The number of rotatable bonds is 6. The summed E-state index contributed by atoms with van der Waals surface area (Å²) in [4.78, 5) is 25.8. The number of anilines is 1. The Morgan fingerprint density at radius 2 is 1.94 bits per heavy atom. The number of nitrogens with zero attached hydrogens (tertiary/aromatic N) is 4. The number of amides is 1. The number of aromatic nitrogens is 4. The summed E-state index contributed by atoms with van der Waals surface area (Å²) >= 11 is 2.31. The van der Waals surface area contributed by atoms with Crippen LogP contribution >= 0.6 is 22.6 Å². The van der Waals surface area contributed by atoms with E-state index in [1.165, 1.54) is 6.33 Å². The van der Waals surface area contributed by atoms with Gasteiger partial charge in [-0.1, -0.05) is 61.6 Å². The van der Waals surface area contributed by atoms with Gasteiger partial charge in [0.2, 0.25) is 0 Å². The Kier molecular flexibility index (Phi) is 7.11. The Balaban J connectivity index is 1.68. The van der Waals surface area contributed by atoms with Crippen molar-refractivity contribution in [3.8, 4) is 0 Å². The fourth-order valence-corrected chi connectivity index (χ4v) is 6.08. The van der Waals surface area contributed by atoms with Crippen molar-refractivity contribution < 1.29 is 19.1 Å². The summed E-state index contributed by atoms with van der Waals surface area (Å²) in [5.74, 6) is 0.0428. The van der Waals surface area contributed by atoms with Gasteiger partial charge in [0.05, 0.1) is 23.0 Å². The number of aliphatic hydroxyl groups excluding tert-OH is 1. The lowest BCUT2D eigenvalue weighted by Crippen LogP contribution is -2.47. The predicted octanol–water partition coefficient (Wildman–Crippen LogP) is 4.16. The number of ether oxygens (including phenoxy) is 1. The molecule has 0 radical (unpaired) electrons. The average Bonchev–Trinajstić information content (AvgIpc) is 3.35. The van der Waals surface area contributed by atoms with E-state index in [1.807, 2.05) is 10.6 Å². The highest BCUT2D eigenvalue weighted by Crippen LogP contribution is 2.44. The molecule has 11 heteroatoms. The highest BCUT2D eigenvalue weighted by atomic mass is 127. The fraction of sp³-hybridized carbons (Fsp3) is 0.478. The lowest BCUT2D eigenvalue weighted by Gasteiger charge is -2.40. The summed E-state index contributed by atoms with van der Waals surface area (Å²) < 4.78 is 14.8. The number of nitrogens with one attached hydrogen (secondary N) is 1. The van der Waals surface area contributed by atoms with Gasteiger partial charge >= 0.3 is 0 Å². The van der Waals surface area contributed by atoms with Crippen LogP contribution in [0.25, 0.3) is 11.2 Å². The van der Waals surface area contributed by atoms with Crippen molar-refractivity contribution in [2.75, 3.05) is 11.9 Å². The average molecular weight is 596 g/mol. The number of aliphatic hydroxyl groups is 1. The largest absolute Gasteiger partial charge is 0.408 e. The van der Waals surface area contributed by atoms with Gasteiger partial charge in [0.1, 0.15) is 12.4 Å². The van der Waals surface area contributed by atoms with Crippen LogP contribution < -0.4 is 5.32 Å². The Morgan fingerprint density at radius 3 is 2.59 bits per heavy atom. The normalized spacial score (nSPS) is 23.4. The maximum atomic E-state index is 12.7. The van der Waals surface area contributed by atoms with Crippen molar-refractivity contribution in [1.29, 1.82) is 0 Å². The van der Waals surface area contributed by atoms with Crippen molar-refractivity contribution in [2.45, 2.75) is 61.3 Å². The predicted molar refractivity (Wildman–Crippen MR) is 141 cm³/mol. The van der Waals surface area contributed by atoms with Crippen LogP contribution in [0.1, 0.15) is 37.4 Å². The first-order chi connectivity index (χ1) is 16.0. The first-order valence-corrected chi connectivity index (χ1v) is 15.3. The third kappa shape index (κ3) is 4.76. The van der Waals surface area contributed by atoms with Crippen LogP contribution in [0.15, 0.2) is 43.0 Å². The van der Waals surface area contributed by atoms with E-state index in [0.717, 1.165) is 0 Å². The van der Waals surface area contributed by atoms with E-state index in [-0.39, 0.29) is 33.7 Å². The fourth-order valence-electron chi connectivity index (χ4n) is 3.61. The molecule has 1 aliphatic rings. The first-order valence-electron chi connectivity index (χ1n) is 11.2. The number of imidazole rings is 1. The van der Waals surface area contributed by atoms with Crippen LogP contribution in [0, 0.1) is 0 Å². The van der Waals surface area contributed by atoms with E-state index in [9.17, 15) is 9.90 Å². The Labute approximate surface area is 213 Å². The number of alkyl halides is 1. The molecule has 3 heterocycles. The molecule has 0 saturated carbocycles. The molecule has 34 heavy (non-hydrogen) atoms. The van der Waals surface area contributed by atoms with Crippen molar-refractivity contribution in [2.24, 2.45) is 0 Å². The van der Waals surface area contributed by atoms with Gasteiger partial charge in [-0.05, 0) is 30.3 Å². The van der Waals surface area contributed by atoms with Crippen LogP contribution in [0.2, 0.25) is 18.1 Å². The Hall–Kier alpha value is -1.93. The highest BCUT2D eigenvalue weighted by Gasteiger charge is 2.50. The smallest absolute Gasteiger partial charge is 0.256 e. The zero-order chi connectivity index (χ0) is 24.7. The molecule has 4 atom stereocenters. The second kappa shape index (κ2) is 9.61. The maximum absolute atomic E-state index is 12.7. The number of carbonyl (C=O) groups is 1. The van der Waals surface area contributed by atoms with E-state index >= 15 is 0 Å². The van der Waals surface area contributed by atoms with Gasteiger partial charge in [-0.3, -0.25) is 9.36 Å². The monoisotopic (exact) mass is 595 g/mol. The van der Waals surface area contributed by atoms with E-state index in [0.29, 0.717) is 22.5 Å². The molecular weight excluding hydrogens is 565 g/mol. The standard InChI is InChI=1S/C23H30IN5O4Si/c1-23(2,3)34(4,5)33-18-16(24)15(11-30)32-22(18)29-13-27-17-19(25-12-26-20(17)29)28-21(31)14-9-7-6-8-10-14/h6-10,12-13,15-16,18,22,30H,11H2,1-5H3,(H,25,26,28,31)/t15-,16+,18-,22-/m1/s1. The van der Waals surface area contributed by atoms with Gasteiger partial charge in [-0.25, -0.2) is 15.0 Å². The van der Waals surface area contributed by atoms with E-state index in [1.54, 1.807) is 30.6 Å². The molecule has 1 saturated heterocycles. The highest BCUT2D eigenvalue weighted by molar-refractivity contribution is 14.1. The zero-order valence-electron chi connectivity index (χ0n) is 19.9. The van der Waals surface area contributed by atoms with Crippen molar-refractivity contribution in [3.05, 3.63) is 48.5 Å². The van der Waals surface area contributed by atoms with Crippen molar-refractivity contribution in [1.82, 2.24) is 19.5 Å². The molecule has 0 unspecified atom stereocenters. The maximum Gasteiger partial charge on any atom is 0.256 e. The van der Waals surface area contributed by atoms with Crippen LogP contribution in [0.5, 0.6) is 0 Å². The molecule has 0 aliphatic carbocycles. The van der Waals surface area contributed by atoms with Crippen LogP contribution in [-0.4, -0.2) is 61.6 Å². The molecule has 1 aliphatic heterocycles. The molecule has 3 aromatic rings. The van der Waals surface area contributed by atoms with Gasteiger partial charge < -0.3 is 19.6 Å². The number of halogens is 1. The molecule has 1 fully saturated rings. The SMILES string of the molecule is CC(C)(C)[Si](C)(C)O[C@@H]1[C@@H](I)[C@@H](CO)O[C@H]1n1cnc2c(NC(=O)c3ccccc3)ncnc21. The second-order valence-electron chi connectivity index (χ2n) is 9.90. The molecule has 1 aromatic carbocycles. The molecule has 182 valence electrons. The third-order valence-electron chi connectivity index (χ3n) is 6.58. The molecule has 9 nitrogen and oxygen atoms in total. The quantitative estimate of drug-likeness (QED) is 0.250. The number of hydrogen-bond acceptors (Lipinski definition) is 7. The van der Waals surface area contributed by atoms with E-state index in [4.69, 9.17) is 9.16 Å². The summed E-state index contributed by atoms with van der Waals surface area (Å²) in [6.07, 6.45) is 1.83. The van der Waals surface area contributed by atoms with Gasteiger partial charge in [0.25, 0.3) is 5.91 Å². The van der Waals surface area contributed by atoms with Crippen molar-refractivity contribution in [3.63, 3.8) is 0 Å². The van der Waals surface area contributed by atoms with Crippen LogP contribution in [0.3, 0.4) is 0 Å². The number of hydrogen-bond donors (Lipinski definition) is 2. The summed E-state index contributed by atoms with van der Waals surface area (Å²) in [5.41, 5.74) is 1.50. The Morgan fingerprint density at radius 1 is 1.24 bits per heavy atom. The van der Waals surface area contributed by atoms with Crippen LogP contribution in [-0.2, 0) is 9.16 Å². The number of fused-ring (bicyclic) bond motifs is 1.